The van der Waals surface area contributed by atoms with Gasteiger partial charge in [-0.2, -0.15) is 0 Å². The van der Waals surface area contributed by atoms with Crippen molar-refractivity contribution in [1.29, 1.82) is 0 Å². The third-order valence-corrected chi connectivity index (χ3v) is 0. The fraction of sp³-hybridized carbons (Fsp3) is 0. The van der Waals surface area contributed by atoms with E-state index < -0.39 is 0 Å². The Kier molecular flexibility index (Phi) is 189. The monoisotopic (exact) mass is 188 g/mol. The van der Waals surface area contributed by atoms with Crippen LogP contribution < -0.4 is 0 Å². The predicted octanol–water partition coefficient (Wildman–Crippen LogP) is 0.349. The van der Waals surface area contributed by atoms with Crippen LogP contribution in [-0.2, 0) is 19.5 Å². The average molecular weight is 191 g/mol. The molecule has 20 valence electrons. The minimum absolute atomic E-state index is 0. The predicted molar refractivity (Wildman–Crippen MR) is 24.7 cm³/mol. The number of hydrogen-bond acceptors (Lipinski definition) is 0. The van der Waals surface area contributed by atoms with Crippen LogP contribution in [0.5, 0.6) is 0 Å². The molecule has 0 amide bonds. The van der Waals surface area contributed by atoms with E-state index in [-0.39, 0.29) is 67.7 Å². The van der Waals surface area contributed by atoms with Gasteiger partial charge < -0.3 is 0 Å². The van der Waals surface area contributed by atoms with Crippen molar-refractivity contribution in [2.75, 3.05) is 0 Å². The van der Waals surface area contributed by atoms with Gasteiger partial charge in [-0.25, -0.2) is 0 Å². The fourth-order valence-electron chi connectivity index (χ4n) is 0. The average Bonchev–Trinajstić information content (AvgIpc) is 0. The van der Waals surface area contributed by atoms with Crippen LogP contribution in [0.4, 0.5) is 0 Å². The van der Waals surface area contributed by atoms with Crippen molar-refractivity contribution in [2.45, 2.75) is 0 Å². The molecule has 0 saturated heterocycles. The summed E-state index contributed by atoms with van der Waals surface area (Å²) in [6, 6.07) is 0. The molecule has 0 heterocycles. The van der Waals surface area contributed by atoms with E-state index in [9.17, 15) is 0 Å². The van der Waals surface area contributed by atoms with Gasteiger partial charge >= 0.3 is 18.9 Å². The second-order valence-corrected chi connectivity index (χ2v) is 0. The van der Waals surface area contributed by atoms with E-state index in [0.29, 0.717) is 0 Å². The molecule has 0 aliphatic heterocycles. The van der Waals surface area contributed by atoms with Gasteiger partial charge in [0.1, 0.15) is 0 Å². The van der Waals surface area contributed by atoms with Crippen LogP contribution >= 0.6 is 29.4 Å². The number of hydrogen-bond donors (Lipinski definition) is 0. The van der Waals surface area contributed by atoms with Crippen molar-refractivity contribution in [2.24, 2.45) is 0 Å². The third kappa shape index (κ3) is 9.01. The topological polar surface area (TPSA) is 0 Å². The molecular weight excluding hydrogens is 188 g/mol. The third-order valence-electron chi connectivity index (χ3n) is 0. The summed E-state index contributed by atoms with van der Waals surface area (Å²) in [6.07, 6.45) is 0. The van der Waals surface area contributed by atoms with Crippen molar-refractivity contribution < 1.29 is 19.5 Å². The van der Waals surface area contributed by atoms with E-state index in [1.807, 2.05) is 0 Å². The van der Waals surface area contributed by atoms with E-state index in [4.69, 9.17) is 0 Å². The second-order valence-electron chi connectivity index (χ2n) is 0. The van der Waals surface area contributed by atoms with Crippen molar-refractivity contribution in [1.82, 2.24) is 0 Å². The number of rotatable bonds is 0. The molecule has 0 atom stereocenters. The first kappa shape index (κ1) is 37.7. The summed E-state index contributed by atoms with van der Waals surface area (Å²) in [6.45, 7) is 0. The molecular formula is H3BrClLiZn. The number of halogens is 2. The molecule has 0 rings (SSSR count). The van der Waals surface area contributed by atoms with E-state index in [0.717, 1.165) is 0 Å². The van der Waals surface area contributed by atoms with E-state index in [2.05, 4.69) is 0 Å². The maximum absolute atomic E-state index is 0. The van der Waals surface area contributed by atoms with Gasteiger partial charge in [0.15, 0.2) is 0 Å². The van der Waals surface area contributed by atoms with Gasteiger partial charge in [0.2, 0.25) is 0 Å². The summed E-state index contributed by atoms with van der Waals surface area (Å²) >= 11 is 0. The molecule has 0 aliphatic carbocycles. The quantitative estimate of drug-likeness (QED) is 0.484. The molecule has 0 saturated carbocycles. The summed E-state index contributed by atoms with van der Waals surface area (Å²) in [5.74, 6) is 0. The molecule has 0 aromatic carbocycles. The van der Waals surface area contributed by atoms with Crippen LogP contribution in [0.2, 0.25) is 0 Å². The molecule has 0 bridgehead atoms. The fourth-order valence-corrected chi connectivity index (χ4v) is 0. The molecule has 0 radical (unpaired) electrons. The Bertz CT molecular complexity index is 8.00. The summed E-state index contributed by atoms with van der Waals surface area (Å²) < 4.78 is 0. The molecule has 0 aliphatic rings. The van der Waals surface area contributed by atoms with E-state index in [1.54, 1.807) is 0 Å². The largest absolute Gasteiger partial charge is 0 e. The zero-order chi connectivity index (χ0) is 0. The van der Waals surface area contributed by atoms with Crippen molar-refractivity contribution in [3.8, 4) is 0 Å². The van der Waals surface area contributed by atoms with Crippen LogP contribution in [0.25, 0.3) is 0 Å². The first-order chi connectivity index (χ1) is 0. The molecule has 0 nitrogen and oxygen atoms in total. The van der Waals surface area contributed by atoms with Crippen molar-refractivity contribution >= 4 is 48.2 Å². The molecule has 0 N–H and O–H groups in total. The minimum atomic E-state index is 0. The summed E-state index contributed by atoms with van der Waals surface area (Å²) in [5, 5.41) is 0. The minimum Gasteiger partial charge on any atom is 0 e. The second kappa shape index (κ2) is 20.1. The maximum atomic E-state index is 0. The van der Waals surface area contributed by atoms with Crippen molar-refractivity contribution in [3.63, 3.8) is 0 Å². The first-order valence-electron chi connectivity index (χ1n) is 0. The van der Waals surface area contributed by atoms with Crippen LogP contribution in [0, 0.1) is 0 Å². The Morgan fingerprint density at radius 1 is 1.00 bits per heavy atom. The van der Waals surface area contributed by atoms with Gasteiger partial charge in [0.05, 0.1) is 0 Å². The molecule has 0 unspecified atom stereocenters. The van der Waals surface area contributed by atoms with Gasteiger partial charge in [-0.1, -0.05) is 0 Å². The van der Waals surface area contributed by atoms with Gasteiger partial charge in [0, 0.05) is 19.5 Å². The van der Waals surface area contributed by atoms with Gasteiger partial charge in [0.25, 0.3) is 0 Å². The molecule has 0 fully saturated rings. The standard InChI is InChI=1S/BrH.ClH.Li.Zn.H/h2*1H;;;. The maximum Gasteiger partial charge on any atom is 0 e. The van der Waals surface area contributed by atoms with Crippen LogP contribution in [0.1, 0.15) is 0 Å². The van der Waals surface area contributed by atoms with Gasteiger partial charge in [-0.3, -0.25) is 0 Å². The molecule has 0 aromatic rings. The Balaban J connectivity index is 0. The van der Waals surface area contributed by atoms with Gasteiger partial charge in [-0.15, -0.1) is 29.4 Å². The Morgan fingerprint density at radius 2 is 1.00 bits per heavy atom. The van der Waals surface area contributed by atoms with Crippen molar-refractivity contribution in [3.05, 3.63) is 0 Å². The summed E-state index contributed by atoms with van der Waals surface area (Å²) in [5.41, 5.74) is 0. The van der Waals surface area contributed by atoms with E-state index >= 15 is 0 Å². The molecule has 0 spiro atoms. The molecule has 0 aromatic heterocycles. The SMILES string of the molecule is Br.Cl.[LiH].[Zn]. The normalized spacial score (nSPS) is 0. The first-order valence-corrected chi connectivity index (χ1v) is 0. The van der Waals surface area contributed by atoms with Gasteiger partial charge in [-0.05, 0) is 0 Å². The van der Waals surface area contributed by atoms with E-state index in [1.165, 1.54) is 0 Å². The smallest absolute Gasteiger partial charge is 0 e. The van der Waals surface area contributed by atoms with Crippen LogP contribution in [0.15, 0.2) is 0 Å². The Labute approximate surface area is 67.2 Å². The molecule has 4 heteroatoms. The zero-order valence-electron chi connectivity index (χ0n) is 1.52. The summed E-state index contributed by atoms with van der Waals surface area (Å²) in [7, 11) is 0. The molecule has 4 heavy (non-hydrogen) atoms. The summed E-state index contributed by atoms with van der Waals surface area (Å²) in [4.78, 5) is 0. The van der Waals surface area contributed by atoms with Crippen LogP contribution in [-0.4, -0.2) is 18.9 Å². The zero-order valence-corrected chi connectivity index (χ0v) is 7.02. The Morgan fingerprint density at radius 3 is 1.00 bits per heavy atom. The Hall–Kier alpha value is 1.99. The van der Waals surface area contributed by atoms with Crippen LogP contribution in [0.3, 0.4) is 0 Å².